The van der Waals surface area contributed by atoms with Crippen LogP contribution in [0, 0.1) is 0 Å². The van der Waals surface area contributed by atoms with Gasteiger partial charge in [0.1, 0.15) is 5.75 Å². The predicted octanol–water partition coefficient (Wildman–Crippen LogP) is 1.04. The van der Waals surface area contributed by atoms with Gasteiger partial charge in [-0.25, -0.2) is 4.98 Å². The molecule has 0 saturated carbocycles. The van der Waals surface area contributed by atoms with Crippen molar-refractivity contribution in [2.75, 3.05) is 19.7 Å². The van der Waals surface area contributed by atoms with Gasteiger partial charge in [0, 0.05) is 19.3 Å². The summed E-state index contributed by atoms with van der Waals surface area (Å²) >= 11 is 0. The zero-order valence-electron chi connectivity index (χ0n) is 10.0. The highest BCUT2D eigenvalue weighted by molar-refractivity contribution is 5.94. The zero-order chi connectivity index (χ0) is 12.5. The molecular weight excluding hydrogens is 220 g/mol. The number of pyridine rings is 1. The fourth-order valence-corrected chi connectivity index (χ4v) is 1.90. The van der Waals surface area contributed by atoms with E-state index in [9.17, 15) is 9.90 Å². The van der Waals surface area contributed by atoms with E-state index in [2.05, 4.69) is 4.98 Å². The summed E-state index contributed by atoms with van der Waals surface area (Å²) in [6, 6.07) is 3.06. The fourth-order valence-electron chi connectivity index (χ4n) is 1.90. The minimum atomic E-state index is -0.349. The molecule has 0 radical (unpaired) electrons. The van der Waals surface area contributed by atoms with Gasteiger partial charge in [0.15, 0.2) is 5.69 Å². The summed E-state index contributed by atoms with van der Waals surface area (Å²) in [5.41, 5.74) is -0.247. The van der Waals surface area contributed by atoms with Crippen LogP contribution in [0.5, 0.6) is 5.75 Å². The molecule has 1 fully saturated rings. The first-order valence-electron chi connectivity index (χ1n) is 5.57. The summed E-state index contributed by atoms with van der Waals surface area (Å²) in [6.45, 7) is 5.40. The summed E-state index contributed by atoms with van der Waals surface area (Å²) in [6.07, 6.45) is 1.50. The van der Waals surface area contributed by atoms with Gasteiger partial charge in [0.2, 0.25) is 0 Å². The molecule has 0 spiro atoms. The SMILES string of the molecule is CC1(C)CN(C(=O)c2ncccc2O)CCO1. The third kappa shape index (κ3) is 2.55. The lowest BCUT2D eigenvalue weighted by molar-refractivity contribution is -0.0765. The standard InChI is InChI=1S/C12H16N2O3/c1-12(2)8-14(6-7-17-12)11(16)10-9(15)4-3-5-13-10/h3-5,15H,6-8H2,1-2H3. The summed E-state index contributed by atoms with van der Waals surface area (Å²) in [5.74, 6) is -0.332. The number of hydrogen-bond acceptors (Lipinski definition) is 4. The van der Waals surface area contributed by atoms with Crippen LogP contribution in [0.3, 0.4) is 0 Å². The Hall–Kier alpha value is -1.62. The van der Waals surface area contributed by atoms with Crippen molar-refractivity contribution in [3.05, 3.63) is 24.0 Å². The Labute approximate surface area is 100 Å². The monoisotopic (exact) mass is 236 g/mol. The molecule has 92 valence electrons. The van der Waals surface area contributed by atoms with E-state index in [1.165, 1.54) is 12.3 Å². The molecule has 2 rings (SSSR count). The highest BCUT2D eigenvalue weighted by Gasteiger charge is 2.31. The highest BCUT2D eigenvalue weighted by Crippen LogP contribution is 2.20. The Balaban J connectivity index is 2.18. The quantitative estimate of drug-likeness (QED) is 0.791. The molecular formula is C12H16N2O3. The van der Waals surface area contributed by atoms with E-state index in [0.717, 1.165) is 0 Å². The molecule has 2 heterocycles. The van der Waals surface area contributed by atoms with E-state index in [4.69, 9.17) is 4.74 Å². The van der Waals surface area contributed by atoms with Crippen molar-refractivity contribution in [3.8, 4) is 5.75 Å². The van der Waals surface area contributed by atoms with Crippen molar-refractivity contribution in [3.63, 3.8) is 0 Å². The molecule has 0 aliphatic carbocycles. The molecule has 1 aromatic heterocycles. The first-order valence-corrected chi connectivity index (χ1v) is 5.57. The molecule has 1 aliphatic heterocycles. The van der Waals surface area contributed by atoms with Crippen molar-refractivity contribution in [2.24, 2.45) is 0 Å². The predicted molar refractivity (Wildman–Crippen MR) is 61.8 cm³/mol. The lowest BCUT2D eigenvalue weighted by Gasteiger charge is -2.37. The molecule has 0 bridgehead atoms. The number of morpholine rings is 1. The van der Waals surface area contributed by atoms with Crippen LogP contribution in [0.15, 0.2) is 18.3 Å². The van der Waals surface area contributed by atoms with E-state index in [1.807, 2.05) is 13.8 Å². The second-order valence-electron chi connectivity index (χ2n) is 4.71. The number of ether oxygens (including phenoxy) is 1. The van der Waals surface area contributed by atoms with Crippen LogP contribution in [0.25, 0.3) is 0 Å². The number of hydrogen-bond donors (Lipinski definition) is 1. The molecule has 5 nitrogen and oxygen atoms in total. The van der Waals surface area contributed by atoms with Gasteiger partial charge in [0.25, 0.3) is 5.91 Å². The Morgan fingerprint density at radius 2 is 2.35 bits per heavy atom. The second kappa shape index (κ2) is 4.33. The molecule has 5 heteroatoms. The maximum Gasteiger partial charge on any atom is 0.276 e. The number of nitrogens with zero attached hydrogens (tertiary/aromatic N) is 2. The normalized spacial score (nSPS) is 19.1. The molecule has 1 N–H and O–H groups in total. The maximum atomic E-state index is 12.2. The molecule has 17 heavy (non-hydrogen) atoms. The Morgan fingerprint density at radius 3 is 3.00 bits per heavy atom. The lowest BCUT2D eigenvalue weighted by Crippen LogP contribution is -2.50. The molecule has 1 aromatic rings. The number of carbonyl (C=O) groups excluding carboxylic acids is 1. The largest absolute Gasteiger partial charge is 0.505 e. The van der Waals surface area contributed by atoms with Crippen molar-refractivity contribution in [1.29, 1.82) is 0 Å². The molecule has 1 saturated heterocycles. The van der Waals surface area contributed by atoms with Crippen LogP contribution in [-0.4, -0.2) is 46.2 Å². The number of aromatic nitrogens is 1. The minimum absolute atomic E-state index is 0.0817. The van der Waals surface area contributed by atoms with Gasteiger partial charge in [0.05, 0.1) is 12.2 Å². The van der Waals surface area contributed by atoms with Crippen molar-refractivity contribution in [1.82, 2.24) is 9.88 Å². The van der Waals surface area contributed by atoms with Gasteiger partial charge in [-0.2, -0.15) is 0 Å². The van der Waals surface area contributed by atoms with Gasteiger partial charge in [-0.05, 0) is 26.0 Å². The zero-order valence-corrected chi connectivity index (χ0v) is 10.0. The summed E-state index contributed by atoms with van der Waals surface area (Å²) in [5, 5.41) is 9.60. The topological polar surface area (TPSA) is 62.7 Å². The first kappa shape index (κ1) is 11.9. The summed E-state index contributed by atoms with van der Waals surface area (Å²) < 4.78 is 5.54. The number of amides is 1. The molecule has 1 aliphatic rings. The highest BCUT2D eigenvalue weighted by atomic mass is 16.5. The summed E-state index contributed by atoms with van der Waals surface area (Å²) in [4.78, 5) is 17.7. The molecule has 0 aromatic carbocycles. The Kier molecular flexibility index (Phi) is 3.02. The third-order valence-corrected chi connectivity index (χ3v) is 2.70. The average molecular weight is 236 g/mol. The van der Waals surface area contributed by atoms with Gasteiger partial charge in [-0.1, -0.05) is 0 Å². The van der Waals surface area contributed by atoms with Crippen LogP contribution in [0.1, 0.15) is 24.3 Å². The molecule has 1 amide bonds. The van der Waals surface area contributed by atoms with Crippen LogP contribution >= 0.6 is 0 Å². The number of aromatic hydroxyl groups is 1. The third-order valence-electron chi connectivity index (χ3n) is 2.70. The van der Waals surface area contributed by atoms with Gasteiger partial charge in [-0.3, -0.25) is 4.79 Å². The van der Waals surface area contributed by atoms with Gasteiger partial charge < -0.3 is 14.7 Å². The van der Waals surface area contributed by atoms with Crippen molar-refractivity contribution < 1.29 is 14.6 Å². The smallest absolute Gasteiger partial charge is 0.276 e. The summed E-state index contributed by atoms with van der Waals surface area (Å²) in [7, 11) is 0. The van der Waals surface area contributed by atoms with Gasteiger partial charge in [-0.15, -0.1) is 0 Å². The van der Waals surface area contributed by atoms with E-state index in [1.54, 1.807) is 11.0 Å². The Bertz CT molecular complexity index is 432. The molecule has 0 atom stereocenters. The second-order valence-corrected chi connectivity index (χ2v) is 4.71. The van der Waals surface area contributed by atoms with E-state index >= 15 is 0 Å². The van der Waals surface area contributed by atoms with E-state index in [-0.39, 0.29) is 23.0 Å². The van der Waals surface area contributed by atoms with Crippen molar-refractivity contribution >= 4 is 5.91 Å². The maximum absolute atomic E-state index is 12.2. The Morgan fingerprint density at radius 1 is 1.59 bits per heavy atom. The first-order chi connectivity index (χ1) is 7.99. The van der Waals surface area contributed by atoms with Crippen molar-refractivity contribution in [2.45, 2.75) is 19.4 Å². The average Bonchev–Trinajstić information content (AvgIpc) is 2.27. The minimum Gasteiger partial charge on any atom is -0.505 e. The number of carbonyl (C=O) groups is 1. The van der Waals surface area contributed by atoms with Crippen LogP contribution in [0.2, 0.25) is 0 Å². The molecule has 0 unspecified atom stereocenters. The fraction of sp³-hybridized carbons (Fsp3) is 0.500. The van der Waals surface area contributed by atoms with E-state index < -0.39 is 0 Å². The van der Waals surface area contributed by atoms with Crippen LogP contribution < -0.4 is 0 Å². The number of rotatable bonds is 1. The van der Waals surface area contributed by atoms with E-state index in [0.29, 0.717) is 19.7 Å². The van der Waals surface area contributed by atoms with Crippen LogP contribution in [-0.2, 0) is 4.74 Å². The lowest BCUT2D eigenvalue weighted by atomic mass is 10.1. The van der Waals surface area contributed by atoms with Crippen LogP contribution in [0.4, 0.5) is 0 Å². The van der Waals surface area contributed by atoms with Gasteiger partial charge >= 0.3 is 0 Å².